The highest BCUT2D eigenvalue weighted by Crippen LogP contribution is 2.23. The lowest BCUT2D eigenvalue weighted by molar-refractivity contribution is -0.117. The van der Waals surface area contributed by atoms with E-state index in [4.69, 9.17) is 0 Å². The molecular weight excluding hydrogens is 414 g/mol. The first-order valence-corrected chi connectivity index (χ1v) is 11.7. The Labute approximate surface area is 195 Å². The van der Waals surface area contributed by atoms with Gasteiger partial charge in [-0.1, -0.05) is 29.8 Å². The minimum absolute atomic E-state index is 0.0133. The topological polar surface area (TPSA) is 81.3 Å². The van der Waals surface area contributed by atoms with Crippen molar-refractivity contribution in [2.24, 2.45) is 5.92 Å². The van der Waals surface area contributed by atoms with Crippen LogP contribution in [0.15, 0.2) is 48.5 Å². The summed E-state index contributed by atoms with van der Waals surface area (Å²) in [6, 6.07) is 15.6. The van der Waals surface area contributed by atoms with Crippen LogP contribution in [0.5, 0.6) is 0 Å². The first-order chi connectivity index (χ1) is 15.9. The van der Waals surface area contributed by atoms with Gasteiger partial charge < -0.3 is 10.2 Å². The summed E-state index contributed by atoms with van der Waals surface area (Å²) in [5.41, 5.74) is 3.31. The summed E-state index contributed by atoms with van der Waals surface area (Å²) in [4.78, 5) is 29.9. The van der Waals surface area contributed by atoms with E-state index in [1.165, 1.54) is 0 Å². The number of aromatic nitrogens is 2. The molecule has 3 aromatic rings. The summed E-state index contributed by atoms with van der Waals surface area (Å²) in [5, 5.41) is 11.2. The molecule has 2 heterocycles. The minimum atomic E-state index is -0.0217. The third-order valence-electron chi connectivity index (χ3n) is 6.39. The van der Waals surface area contributed by atoms with E-state index in [1.54, 1.807) is 0 Å². The number of hydrogen-bond acceptors (Lipinski definition) is 4. The lowest BCUT2D eigenvalue weighted by Crippen LogP contribution is -2.45. The number of carbonyl (C=O) groups is 2. The lowest BCUT2D eigenvalue weighted by atomic mass is 9.95. The summed E-state index contributed by atoms with van der Waals surface area (Å²) in [6.07, 6.45) is 1.94. The van der Waals surface area contributed by atoms with Crippen LogP contribution in [0.3, 0.4) is 0 Å². The molecule has 1 aliphatic rings. The van der Waals surface area contributed by atoms with Gasteiger partial charge in [-0.2, -0.15) is 5.10 Å². The molecule has 2 N–H and O–H groups in total. The average molecular weight is 448 g/mol. The molecular formula is C26H33N5O2. The molecule has 2 aromatic carbocycles. The van der Waals surface area contributed by atoms with Crippen LogP contribution in [0.4, 0.5) is 5.69 Å². The molecule has 0 unspecified atom stereocenters. The zero-order chi connectivity index (χ0) is 23.4. The molecule has 1 aliphatic heterocycles. The van der Waals surface area contributed by atoms with E-state index in [9.17, 15) is 9.59 Å². The summed E-state index contributed by atoms with van der Waals surface area (Å²) in [5.74, 6) is 0.405. The van der Waals surface area contributed by atoms with Crippen LogP contribution in [0.25, 0.3) is 10.9 Å². The number of piperidine rings is 1. The molecule has 0 radical (unpaired) electrons. The Kier molecular flexibility index (Phi) is 7.08. The van der Waals surface area contributed by atoms with Crippen LogP contribution >= 0.6 is 0 Å². The van der Waals surface area contributed by atoms with E-state index < -0.39 is 0 Å². The number of hydrogen-bond donors (Lipinski definition) is 2. The second kappa shape index (κ2) is 10.2. The number of nitrogens with zero attached hydrogens (tertiary/aromatic N) is 3. The van der Waals surface area contributed by atoms with Crippen molar-refractivity contribution >= 4 is 28.4 Å². The number of aryl methyl sites for hydroxylation is 1. The molecule has 7 heteroatoms. The monoisotopic (exact) mass is 447 g/mol. The van der Waals surface area contributed by atoms with Crippen LogP contribution in [0.1, 0.15) is 42.7 Å². The third-order valence-corrected chi connectivity index (χ3v) is 6.39. The molecule has 1 fully saturated rings. The van der Waals surface area contributed by atoms with Gasteiger partial charge in [0.25, 0.3) is 5.91 Å². The summed E-state index contributed by atoms with van der Waals surface area (Å²) in [6.45, 7) is 8.96. The van der Waals surface area contributed by atoms with Gasteiger partial charge in [0.2, 0.25) is 5.91 Å². The SMILES string of the molecule is Cc1ccc2[nH]nc(C(=O)N(CC3CCN(CC(=O)Nc4ccccc4)CC3)C(C)C)c2c1. The standard InChI is InChI=1S/C26H33N5O2/c1-18(2)31(26(33)25-22-15-19(3)9-10-23(22)28-29-25)16-20-11-13-30(14-12-20)17-24(32)27-21-7-5-4-6-8-21/h4-10,15,18,20H,11-14,16-17H2,1-3H3,(H,27,32)(H,28,29). The van der Waals surface area contributed by atoms with E-state index in [-0.39, 0.29) is 17.9 Å². The number of rotatable bonds is 7. The van der Waals surface area contributed by atoms with Gasteiger partial charge in [-0.25, -0.2) is 0 Å². The Hall–Kier alpha value is -3.19. The van der Waals surface area contributed by atoms with Crippen molar-refractivity contribution in [3.8, 4) is 0 Å². The van der Waals surface area contributed by atoms with E-state index in [1.807, 2.05) is 60.4 Å². The maximum absolute atomic E-state index is 13.4. The molecule has 1 saturated heterocycles. The van der Waals surface area contributed by atoms with Crippen molar-refractivity contribution in [3.05, 3.63) is 59.8 Å². The first kappa shape index (κ1) is 23.0. The van der Waals surface area contributed by atoms with Crippen molar-refractivity contribution in [2.45, 2.75) is 39.7 Å². The van der Waals surface area contributed by atoms with Gasteiger partial charge in [-0.3, -0.25) is 19.6 Å². The Morgan fingerprint density at radius 3 is 2.58 bits per heavy atom. The van der Waals surface area contributed by atoms with Crippen LogP contribution in [0, 0.1) is 12.8 Å². The number of nitrogens with one attached hydrogen (secondary N) is 2. The third kappa shape index (κ3) is 5.60. The van der Waals surface area contributed by atoms with Crippen LogP contribution in [-0.2, 0) is 4.79 Å². The Morgan fingerprint density at radius 1 is 1.15 bits per heavy atom. The molecule has 174 valence electrons. The molecule has 0 bridgehead atoms. The lowest BCUT2D eigenvalue weighted by Gasteiger charge is -2.36. The average Bonchev–Trinajstić information content (AvgIpc) is 3.21. The van der Waals surface area contributed by atoms with Gasteiger partial charge >= 0.3 is 0 Å². The van der Waals surface area contributed by atoms with Gasteiger partial charge in [0, 0.05) is 23.7 Å². The molecule has 7 nitrogen and oxygen atoms in total. The molecule has 1 aromatic heterocycles. The number of H-pyrrole nitrogens is 1. The Balaban J connectivity index is 1.33. The summed E-state index contributed by atoms with van der Waals surface area (Å²) in [7, 11) is 0. The van der Waals surface area contributed by atoms with Gasteiger partial charge in [-0.05, 0) is 76.9 Å². The van der Waals surface area contributed by atoms with E-state index in [0.717, 1.165) is 48.1 Å². The number of para-hydroxylation sites is 1. The van der Waals surface area contributed by atoms with Crippen molar-refractivity contribution in [1.82, 2.24) is 20.0 Å². The van der Waals surface area contributed by atoms with Gasteiger partial charge in [0.15, 0.2) is 5.69 Å². The molecule has 0 spiro atoms. The maximum atomic E-state index is 13.4. The zero-order valence-corrected chi connectivity index (χ0v) is 19.7. The molecule has 4 rings (SSSR count). The highest BCUT2D eigenvalue weighted by molar-refractivity contribution is 6.04. The van der Waals surface area contributed by atoms with E-state index in [0.29, 0.717) is 24.7 Å². The van der Waals surface area contributed by atoms with E-state index >= 15 is 0 Å². The number of anilines is 1. The predicted molar refractivity (Wildman–Crippen MR) is 131 cm³/mol. The molecule has 0 aliphatic carbocycles. The molecule has 0 saturated carbocycles. The molecule has 2 amide bonds. The predicted octanol–water partition coefficient (Wildman–Crippen LogP) is 4.07. The Bertz CT molecular complexity index is 1100. The second-order valence-corrected chi connectivity index (χ2v) is 9.31. The summed E-state index contributed by atoms with van der Waals surface area (Å²) >= 11 is 0. The van der Waals surface area contributed by atoms with Crippen LogP contribution in [-0.4, -0.2) is 64.0 Å². The molecule has 33 heavy (non-hydrogen) atoms. The van der Waals surface area contributed by atoms with Crippen molar-refractivity contribution in [2.75, 3.05) is 31.5 Å². The fraction of sp³-hybridized carbons (Fsp3) is 0.423. The second-order valence-electron chi connectivity index (χ2n) is 9.31. The number of aromatic amines is 1. The van der Waals surface area contributed by atoms with Gasteiger partial charge in [0.05, 0.1) is 12.1 Å². The quantitative estimate of drug-likeness (QED) is 0.572. The smallest absolute Gasteiger partial charge is 0.275 e. The van der Waals surface area contributed by atoms with Crippen molar-refractivity contribution < 1.29 is 9.59 Å². The zero-order valence-electron chi connectivity index (χ0n) is 19.7. The largest absolute Gasteiger partial charge is 0.335 e. The Morgan fingerprint density at radius 2 is 1.88 bits per heavy atom. The molecule has 0 atom stereocenters. The first-order valence-electron chi connectivity index (χ1n) is 11.7. The fourth-order valence-electron chi connectivity index (χ4n) is 4.49. The van der Waals surface area contributed by atoms with Crippen LogP contribution < -0.4 is 5.32 Å². The number of amides is 2. The minimum Gasteiger partial charge on any atom is -0.335 e. The highest BCUT2D eigenvalue weighted by Gasteiger charge is 2.28. The fourth-order valence-corrected chi connectivity index (χ4v) is 4.49. The number of fused-ring (bicyclic) bond motifs is 1. The summed E-state index contributed by atoms with van der Waals surface area (Å²) < 4.78 is 0. The van der Waals surface area contributed by atoms with Gasteiger partial charge in [0.1, 0.15) is 0 Å². The van der Waals surface area contributed by atoms with Crippen molar-refractivity contribution in [1.29, 1.82) is 0 Å². The number of carbonyl (C=O) groups excluding carboxylic acids is 2. The normalized spacial score (nSPS) is 15.2. The number of likely N-dealkylation sites (tertiary alicyclic amines) is 1. The highest BCUT2D eigenvalue weighted by atomic mass is 16.2. The number of benzene rings is 2. The van der Waals surface area contributed by atoms with Crippen molar-refractivity contribution in [3.63, 3.8) is 0 Å². The van der Waals surface area contributed by atoms with Gasteiger partial charge in [-0.15, -0.1) is 0 Å². The van der Waals surface area contributed by atoms with Crippen LogP contribution in [0.2, 0.25) is 0 Å². The maximum Gasteiger partial charge on any atom is 0.275 e. The van der Waals surface area contributed by atoms with E-state index in [2.05, 4.69) is 34.3 Å².